The van der Waals surface area contributed by atoms with Crippen molar-refractivity contribution in [3.63, 3.8) is 0 Å². The summed E-state index contributed by atoms with van der Waals surface area (Å²) in [4.78, 5) is 0. The van der Waals surface area contributed by atoms with Crippen molar-refractivity contribution in [2.45, 2.75) is 33.4 Å². The number of ether oxygens (including phenoxy) is 2. The van der Waals surface area contributed by atoms with Crippen LogP contribution in [0.25, 0.3) is 0 Å². The lowest BCUT2D eigenvalue weighted by molar-refractivity contribution is 0.281. The Labute approximate surface area is 178 Å². The second-order valence-corrected chi connectivity index (χ2v) is 7.30. The summed E-state index contributed by atoms with van der Waals surface area (Å²) in [6.07, 6.45) is 2.48. The maximum absolute atomic E-state index is 13.5. The van der Waals surface area contributed by atoms with Gasteiger partial charge in [0.15, 0.2) is 11.5 Å². The minimum absolute atomic E-state index is 0.262. The largest absolute Gasteiger partial charge is 0.493 e. The second-order valence-electron chi connectivity index (χ2n) is 7.30. The van der Waals surface area contributed by atoms with E-state index in [2.05, 4.69) is 50.0 Å². The summed E-state index contributed by atoms with van der Waals surface area (Å²) in [5.41, 5.74) is 6.45. The van der Waals surface area contributed by atoms with E-state index in [0.717, 1.165) is 22.4 Å². The highest BCUT2D eigenvalue weighted by molar-refractivity contribution is 5.55. The monoisotopic (exact) mass is 405 g/mol. The Morgan fingerprint density at radius 3 is 2.57 bits per heavy atom. The molecule has 3 aromatic carbocycles. The Hall–Kier alpha value is -3.27. The summed E-state index contributed by atoms with van der Waals surface area (Å²) >= 11 is 0. The molecule has 0 amide bonds. The van der Waals surface area contributed by atoms with Gasteiger partial charge in [0.1, 0.15) is 12.4 Å². The van der Waals surface area contributed by atoms with Gasteiger partial charge < -0.3 is 14.8 Å². The Kier molecular flexibility index (Phi) is 7.12. The molecular weight excluding hydrogens is 377 g/mol. The molecule has 30 heavy (non-hydrogen) atoms. The molecule has 3 nitrogen and oxygen atoms in total. The van der Waals surface area contributed by atoms with Crippen molar-refractivity contribution in [2.24, 2.45) is 0 Å². The summed E-state index contributed by atoms with van der Waals surface area (Å²) in [6, 6.07) is 16.7. The number of halogens is 1. The van der Waals surface area contributed by atoms with E-state index in [1.807, 2.05) is 18.2 Å². The van der Waals surface area contributed by atoms with Crippen LogP contribution in [0.1, 0.15) is 27.8 Å². The van der Waals surface area contributed by atoms with Crippen LogP contribution in [0.15, 0.2) is 67.3 Å². The SMILES string of the molecule is C=CCc1cc(CNc2cccc(C)c2C)cc(OC)c1OCc1cccc(F)c1. The third kappa shape index (κ3) is 5.20. The molecule has 1 N–H and O–H groups in total. The molecule has 0 fully saturated rings. The Balaban J connectivity index is 1.83. The van der Waals surface area contributed by atoms with Crippen LogP contribution >= 0.6 is 0 Å². The standard InChI is InChI=1S/C26H28FNO2/c1-5-8-22-13-21(16-28-24-12-6-9-18(2)19(24)3)15-25(29-4)26(22)30-17-20-10-7-11-23(27)14-20/h5-7,9-15,28H,1,8,16-17H2,2-4H3. The van der Waals surface area contributed by atoms with Crippen LogP contribution in [0.5, 0.6) is 11.5 Å². The van der Waals surface area contributed by atoms with Gasteiger partial charge in [-0.2, -0.15) is 0 Å². The van der Waals surface area contributed by atoms with Gasteiger partial charge in [0.05, 0.1) is 7.11 Å². The molecule has 0 saturated carbocycles. The van der Waals surface area contributed by atoms with Crippen LogP contribution in [-0.2, 0) is 19.6 Å². The van der Waals surface area contributed by atoms with E-state index in [-0.39, 0.29) is 12.4 Å². The van der Waals surface area contributed by atoms with Crippen LogP contribution in [-0.4, -0.2) is 7.11 Å². The molecule has 0 aliphatic heterocycles. The number of nitrogens with one attached hydrogen (secondary N) is 1. The predicted octanol–water partition coefficient (Wildman–Crippen LogP) is 6.37. The Morgan fingerprint density at radius 2 is 1.83 bits per heavy atom. The van der Waals surface area contributed by atoms with Crippen LogP contribution in [0.3, 0.4) is 0 Å². The van der Waals surface area contributed by atoms with Gasteiger partial charge in [0.25, 0.3) is 0 Å². The van der Waals surface area contributed by atoms with E-state index >= 15 is 0 Å². The summed E-state index contributed by atoms with van der Waals surface area (Å²) in [5.74, 6) is 1.04. The number of anilines is 1. The fraction of sp³-hybridized carbons (Fsp3) is 0.231. The van der Waals surface area contributed by atoms with Crippen LogP contribution < -0.4 is 14.8 Å². The minimum atomic E-state index is -0.276. The number of hydrogen-bond acceptors (Lipinski definition) is 3. The topological polar surface area (TPSA) is 30.5 Å². The molecule has 0 aliphatic carbocycles. The van der Waals surface area contributed by atoms with Crippen LogP contribution in [0, 0.1) is 19.7 Å². The summed E-state index contributed by atoms with van der Waals surface area (Å²) in [7, 11) is 1.63. The lowest BCUT2D eigenvalue weighted by atomic mass is 10.0. The summed E-state index contributed by atoms with van der Waals surface area (Å²) < 4.78 is 25.1. The van der Waals surface area contributed by atoms with Gasteiger partial charge in [-0.15, -0.1) is 6.58 Å². The van der Waals surface area contributed by atoms with Crippen molar-refractivity contribution in [3.05, 3.63) is 101 Å². The molecule has 0 saturated heterocycles. The van der Waals surface area contributed by atoms with E-state index in [4.69, 9.17) is 9.47 Å². The molecular formula is C26H28FNO2. The smallest absolute Gasteiger partial charge is 0.165 e. The molecule has 3 aromatic rings. The van der Waals surface area contributed by atoms with Gasteiger partial charge in [-0.05, 0) is 72.9 Å². The third-order valence-electron chi connectivity index (χ3n) is 5.14. The molecule has 0 aromatic heterocycles. The molecule has 4 heteroatoms. The maximum atomic E-state index is 13.5. The quantitative estimate of drug-likeness (QED) is 0.420. The minimum Gasteiger partial charge on any atom is -0.493 e. The molecule has 0 heterocycles. The predicted molar refractivity (Wildman–Crippen MR) is 121 cm³/mol. The first-order valence-electron chi connectivity index (χ1n) is 9.99. The van der Waals surface area contributed by atoms with Crippen molar-refractivity contribution >= 4 is 5.69 Å². The zero-order valence-corrected chi connectivity index (χ0v) is 17.8. The van der Waals surface area contributed by atoms with Gasteiger partial charge in [-0.1, -0.05) is 30.3 Å². The average Bonchev–Trinajstić information content (AvgIpc) is 2.74. The number of aryl methyl sites for hydroxylation is 1. The van der Waals surface area contributed by atoms with Gasteiger partial charge in [0, 0.05) is 17.8 Å². The van der Waals surface area contributed by atoms with E-state index in [1.165, 1.54) is 23.3 Å². The normalized spacial score (nSPS) is 10.5. The number of allylic oxidation sites excluding steroid dienone is 1. The first-order chi connectivity index (χ1) is 14.5. The molecule has 0 atom stereocenters. The lowest BCUT2D eigenvalue weighted by Gasteiger charge is -2.18. The zero-order chi connectivity index (χ0) is 21.5. The number of hydrogen-bond donors (Lipinski definition) is 1. The van der Waals surface area contributed by atoms with Crippen molar-refractivity contribution in [3.8, 4) is 11.5 Å². The molecule has 156 valence electrons. The average molecular weight is 406 g/mol. The van der Waals surface area contributed by atoms with Gasteiger partial charge in [0.2, 0.25) is 0 Å². The van der Waals surface area contributed by atoms with Gasteiger partial charge >= 0.3 is 0 Å². The molecule has 0 unspecified atom stereocenters. The number of benzene rings is 3. The molecule has 3 rings (SSSR count). The van der Waals surface area contributed by atoms with Gasteiger partial charge in [-0.3, -0.25) is 0 Å². The van der Waals surface area contributed by atoms with Gasteiger partial charge in [-0.25, -0.2) is 4.39 Å². The number of methoxy groups -OCH3 is 1. The van der Waals surface area contributed by atoms with Crippen molar-refractivity contribution in [1.82, 2.24) is 0 Å². The fourth-order valence-electron chi connectivity index (χ4n) is 3.37. The van der Waals surface area contributed by atoms with Crippen molar-refractivity contribution < 1.29 is 13.9 Å². The molecule has 0 aliphatic rings. The molecule has 0 bridgehead atoms. The summed E-state index contributed by atoms with van der Waals surface area (Å²) in [5, 5.41) is 3.51. The van der Waals surface area contributed by atoms with Crippen LogP contribution in [0.2, 0.25) is 0 Å². The Morgan fingerprint density at radius 1 is 1.03 bits per heavy atom. The fourth-order valence-corrected chi connectivity index (χ4v) is 3.37. The summed E-state index contributed by atoms with van der Waals surface area (Å²) in [6.45, 7) is 9.01. The highest BCUT2D eigenvalue weighted by Crippen LogP contribution is 2.34. The molecule has 0 radical (unpaired) electrons. The third-order valence-corrected chi connectivity index (χ3v) is 5.14. The highest BCUT2D eigenvalue weighted by atomic mass is 19.1. The first kappa shape index (κ1) is 21.4. The second kappa shape index (κ2) is 9.97. The van der Waals surface area contributed by atoms with E-state index in [1.54, 1.807) is 13.2 Å². The van der Waals surface area contributed by atoms with E-state index < -0.39 is 0 Å². The lowest BCUT2D eigenvalue weighted by Crippen LogP contribution is -2.06. The molecule has 0 spiro atoms. The van der Waals surface area contributed by atoms with Crippen molar-refractivity contribution in [1.29, 1.82) is 0 Å². The maximum Gasteiger partial charge on any atom is 0.165 e. The van der Waals surface area contributed by atoms with E-state index in [9.17, 15) is 4.39 Å². The first-order valence-corrected chi connectivity index (χ1v) is 9.99. The number of rotatable bonds is 9. The van der Waals surface area contributed by atoms with Crippen LogP contribution in [0.4, 0.5) is 10.1 Å². The highest BCUT2D eigenvalue weighted by Gasteiger charge is 2.14. The zero-order valence-electron chi connectivity index (χ0n) is 17.8. The Bertz CT molecular complexity index is 1030. The van der Waals surface area contributed by atoms with E-state index in [0.29, 0.717) is 24.5 Å². The van der Waals surface area contributed by atoms with Crippen molar-refractivity contribution in [2.75, 3.05) is 12.4 Å².